The van der Waals surface area contributed by atoms with Gasteiger partial charge in [-0.15, -0.1) is 0 Å². The summed E-state index contributed by atoms with van der Waals surface area (Å²) in [5.74, 6) is 0. The standard InChI is InChI=1S/C25H20N6.C24H26BN3O2.C7H6BrN3.CH4/c1-16(17-6-4-3-5-7-17)30-25-20(12-26)14-27-22-9-8-18(10-21(22)25)19-11-24-23(28-13-19)15-29-31(24)2;1-16(17-9-7-6-8-10-17)28-22-18(14-26)15-27-21-12-11-19(13-20(21)22)25-29-23(2,3)24(4,5)30-25;1-11-7-2-5(8)3-9-6(7)4-10-11;/h3-11,13-16H,1-2H3,(H,27,30);6-13,15-16H,1-5H3,(H,27,28);2-4H,1H3;1H4. The second-order valence-electron chi connectivity index (χ2n) is 18.7. The minimum atomic E-state index is -0.468. The summed E-state index contributed by atoms with van der Waals surface area (Å²) in [5, 5.41) is 36.6. The number of hydrogen-bond donors (Lipinski definition) is 2. The topological polar surface area (TPSA) is 177 Å². The molecule has 16 heteroatoms. The number of hydrogen-bond acceptors (Lipinski definition) is 12. The molecule has 2 atom stereocenters. The Morgan fingerprint density at radius 2 is 1.03 bits per heavy atom. The molecule has 0 spiro atoms. The minimum Gasteiger partial charge on any atom is -0.399 e. The lowest BCUT2D eigenvalue weighted by Gasteiger charge is -2.32. The molecule has 0 bridgehead atoms. The molecular formula is C57H56BBrN12O2. The highest BCUT2D eigenvalue weighted by Gasteiger charge is 2.51. The first-order valence-corrected chi connectivity index (χ1v) is 24.3. The fourth-order valence-electron chi connectivity index (χ4n) is 8.46. The Bertz CT molecular complexity index is 3660. The van der Waals surface area contributed by atoms with Gasteiger partial charge in [0.1, 0.15) is 23.2 Å². The van der Waals surface area contributed by atoms with Crippen LogP contribution in [0.2, 0.25) is 0 Å². The Kier molecular flexibility index (Phi) is 15.0. The van der Waals surface area contributed by atoms with Crippen molar-refractivity contribution in [2.45, 2.75) is 72.3 Å². The molecule has 1 aliphatic heterocycles. The smallest absolute Gasteiger partial charge is 0.399 e. The Morgan fingerprint density at radius 1 is 0.562 bits per heavy atom. The molecule has 1 aliphatic rings. The molecule has 366 valence electrons. The molecule has 4 aromatic carbocycles. The SMILES string of the molecule is C.CC(Nc1c(C#N)cnc2ccc(-c3cnc4cnn(C)c4c3)cc12)c1ccccc1.CC(Nc1c(C#N)cnc2ccc(B3OC(C)(C)C(C)(C)O3)cc12)c1ccccc1.Cn1ncc2ncc(Br)cc21. The lowest BCUT2D eigenvalue weighted by molar-refractivity contribution is 0.00578. The molecule has 11 rings (SSSR count). The van der Waals surface area contributed by atoms with Crippen LogP contribution < -0.4 is 16.1 Å². The quantitative estimate of drug-likeness (QED) is 0.138. The summed E-state index contributed by atoms with van der Waals surface area (Å²) in [6, 6.07) is 41.1. The van der Waals surface area contributed by atoms with Crippen molar-refractivity contribution in [3.8, 4) is 23.3 Å². The van der Waals surface area contributed by atoms with Crippen LogP contribution in [0.25, 0.3) is 55.0 Å². The summed E-state index contributed by atoms with van der Waals surface area (Å²) in [4.78, 5) is 17.7. The van der Waals surface area contributed by atoms with Crippen molar-refractivity contribution >= 4 is 83.8 Å². The van der Waals surface area contributed by atoms with Crippen LogP contribution in [0, 0.1) is 22.7 Å². The molecule has 0 saturated carbocycles. The normalized spacial score (nSPS) is 14.2. The number of nitriles is 2. The number of rotatable bonds is 8. The van der Waals surface area contributed by atoms with Gasteiger partial charge in [0.15, 0.2) is 0 Å². The maximum Gasteiger partial charge on any atom is 0.494 e. The molecule has 0 radical (unpaired) electrons. The first kappa shape index (κ1) is 51.3. The fraction of sp³-hybridized carbons (Fsp3) is 0.228. The summed E-state index contributed by atoms with van der Waals surface area (Å²) in [6.45, 7) is 12.3. The van der Waals surface area contributed by atoms with Crippen LogP contribution in [0.4, 0.5) is 11.4 Å². The molecule has 1 saturated heterocycles. The third-order valence-corrected chi connectivity index (χ3v) is 13.8. The van der Waals surface area contributed by atoms with E-state index < -0.39 is 18.3 Å². The first-order valence-electron chi connectivity index (χ1n) is 23.5. The van der Waals surface area contributed by atoms with E-state index in [1.54, 1.807) is 35.7 Å². The van der Waals surface area contributed by atoms with Crippen LogP contribution in [0.1, 0.15) is 83.3 Å². The lowest BCUT2D eigenvalue weighted by atomic mass is 9.78. The van der Waals surface area contributed by atoms with E-state index in [1.165, 1.54) is 0 Å². The number of anilines is 2. The summed E-state index contributed by atoms with van der Waals surface area (Å²) < 4.78 is 17.0. The highest BCUT2D eigenvalue weighted by molar-refractivity contribution is 9.10. The van der Waals surface area contributed by atoms with Crippen LogP contribution in [0.5, 0.6) is 0 Å². The summed E-state index contributed by atoms with van der Waals surface area (Å²) in [6.07, 6.45) is 10.4. The predicted octanol–water partition coefficient (Wildman–Crippen LogP) is 12.2. The van der Waals surface area contributed by atoms with Gasteiger partial charge in [0.05, 0.1) is 68.2 Å². The van der Waals surface area contributed by atoms with Crippen LogP contribution in [-0.4, -0.2) is 57.8 Å². The summed E-state index contributed by atoms with van der Waals surface area (Å²) in [5.41, 5.74) is 12.4. The Hall–Kier alpha value is -8.02. The molecule has 7 heterocycles. The van der Waals surface area contributed by atoms with E-state index in [9.17, 15) is 10.5 Å². The number of aromatic nitrogens is 8. The summed E-state index contributed by atoms with van der Waals surface area (Å²) >= 11 is 3.35. The summed E-state index contributed by atoms with van der Waals surface area (Å²) in [7, 11) is 3.34. The van der Waals surface area contributed by atoms with Crippen molar-refractivity contribution in [3.63, 3.8) is 0 Å². The molecule has 1 fully saturated rings. The van der Waals surface area contributed by atoms with Gasteiger partial charge in [-0.05, 0) is 110 Å². The van der Waals surface area contributed by atoms with Crippen molar-refractivity contribution in [1.29, 1.82) is 10.5 Å². The molecular weight excluding hydrogens is 975 g/mol. The van der Waals surface area contributed by atoms with Gasteiger partial charge in [-0.2, -0.15) is 20.7 Å². The Balaban J connectivity index is 0.000000159. The van der Waals surface area contributed by atoms with E-state index in [1.807, 2.05) is 125 Å². The van der Waals surface area contributed by atoms with Gasteiger partial charge in [-0.1, -0.05) is 86.3 Å². The van der Waals surface area contributed by atoms with Crippen LogP contribution >= 0.6 is 15.9 Å². The van der Waals surface area contributed by atoms with Gasteiger partial charge in [-0.3, -0.25) is 29.3 Å². The van der Waals surface area contributed by atoms with E-state index in [0.717, 1.165) is 87.4 Å². The molecule has 6 aromatic heterocycles. The number of pyridine rings is 4. The molecule has 0 aliphatic carbocycles. The van der Waals surface area contributed by atoms with E-state index in [2.05, 4.69) is 119 Å². The zero-order chi connectivity index (χ0) is 50.7. The third-order valence-electron chi connectivity index (χ3n) is 13.3. The maximum absolute atomic E-state index is 9.72. The van der Waals surface area contributed by atoms with Gasteiger partial charge >= 0.3 is 7.12 Å². The largest absolute Gasteiger partial charge is 0.494 e. The fourth-order valence-corrected chi connectivity index (χ4v) is 8.78. The molecule has 0 amide bonds. The highest BCUT2D eigenvalue weighted by atomic mass is 79.9. The monoisotopic (exact) mass is 1030 g/mol. The van der Waals surface area contributed by atoms with Crippen molar-refractivity contribution in [2.75, 3.05) is 10.6 Å². The molecule has 73 heavy (non-hydrogen) atoms. The van der Waals surface area contributed by atoms with Crippen LogP contribution in [0.15, 0.2) is 151 Å². The number of halogens is 1. The van der Waals surface area contributed by atoms with Crippen molar-refractivity contribution < 1.29 is 9.31 Å². The molecule has 2 unspecified atom stereocenters. The third kappa shape index (κ3) is 10.8. The lowest BCUT2D eigenvalue weighted by Crippen LogP contribution is -2.41. The van der Waals surface area contributed by atoms with Crippen molar-refractivity contribution in [2.24, 2.45) is 14.1 Å². The maximum atomic E-state index is 9.72. The van der Waals surface area contributed by atoms with Gasteiger partial charge in [0, 0.05) is 71.8 Å². The Morgan fingerprint density at radius 3 is 1.55 bits per heavy atom. The Labute approximate surface area is 434 Å². The number of nitrogens with one attached hydrogen (secondary N) is 2. The number of nitrogens with zero attached hydrogens (tertiary/aromatic N) is 10. The van der Waals surface area contributed by atoms with E-state index in [-0.39, 0.29) is 19.5 Å². The first-order chi connectivity index (χ1) is 34.6. The minimum absolute atomic E-state index is 0. The molecule has 2 N–H and O–H groups in total. The number of benzene rings is 4. The zero-order valence-electron chi connectivity index (χ0n) is 41.3. The van der Waals surface area contributed by atoms with Gasteiger partial charge < -0.3 is 19.9 Å². The van der Waals surface area contributed by atoms with Crippen LogP contribution in [-0.2, 0) is 23.4 Å². The van der Waals surface area contributed by atoms with E-state index >= 15 is 0 Å². The molecule has 10 aromatic rings. The van der Waals surface area contributed by atoms with Gasteiger partial charge in [0.2, 0.25) is 0 Å². The van der Waals surface area contributed by atoms with Gasteiger partial charge in [-0.25, -0.2) is 0 Å². The van der Waals surface area contributed by atoms with Crippen molar-refractivity contribution in [3.05, 3.63) is 173 Å². The number of aryl methyl sites for hydroxylation is 2. The average molecular weight is 1030 g/mol. The molecule has 14 nitrogen and oxygen atoms in total. The zero-order valence-corrected chi connectivity index (χ0v) is 42.8. The van der Waals surface area contributed by atoms with Crippen molar-refractivity contribution in [1.82, 2.24) is 39.5 Å². The van der Waals surface area contributed by atoms with Crippen LogP contribution in [0.3, 0.4) is 0 Å². The second-order valence-corrected chi connectivity index (χ2v) is 19.6. The highest BCUT2D eigenvalue weighted by Crippen LogP contribution is 2.38. The van der Waals surface area contributed by atoms with E-state index in [4.69, 9.17) is 9.31 Å². The van der Waals surface area contributed by atoms with E-state index in [0.29, 0.717) is 11.1 Å². The average Bonchev–Trinajstić information content (AvgIpc) is 4.03. The predicted molar refractivity (Wildman–Crippen MR) is 296 cm³/mol. The second kappa shape index (κ2) is 21.4. The number of fused-ring (bicyclic) bond motifs is 4. The van der Waals surface area contributed by atoms with Gasteiger partial charge in [0.25, 0.3) is 0 Å².